The Morgan fingerprint density at radius 3 is 2.85 bits per heavy atom. The Morgan fingerprint density at radius 2 is 2.20 bits per heavy atom. The molecule has 2 rings (SSSR count). The molecule has 106 valence electrons. The van der Waals surface area contributed by atoms with Gasteiger partial charge in [0, 0.05) is 19.0 Å². The first-order chi connectivity index (χ1) is 9.61. The molecule has 0 aliphatic heterocycles. The molecule has 1 aromatic rings. The Bertz CT molecular complexity index is 517. The summed E-state index contributed by atoms with van der Waals surface area (Å²) in [5.74, 6) is 0.768. The van der Waals surface area contributed by atoms with E-state index in [9.17, 15) is 4.79 Å². The van der Waals surface area contributed by atoms with Crippen LogP contribution in [0.2, 0.25) is 0 Å². The fourth-order valence-corrected chi connectivity index (χ4v) is 2.32. The second-order valence-electron chi connectivity index (χ2n) is 5.51. The largest absolute Gasteiger partial charge is 0.325 e. The summed E-state index contributed by atoms with van der Waals surface area (Å²) in [4.78, 5) is 14.2. The molecule has 4 heteroatoms. The van der Waals surface area contributed by atoms with Gasteiger partial charge in [0.25, 0.3) is 0 Å². The average Bonchev–Trinajstić information content (AvgIpc) is 3.29. The SMILES string of the molecule is CC(C1CC1)N(C)CCC(=O)Nc1ccccc1C#N. The minimum absolute atomic E-state index is 0.0393. The molecule has 1 fully saturated rings. The summed E-state index contributed by atoms with van der Waals surface area (Å²) in [6, 6.07) is 9.70. The summed E-state index contributed by atoms with van der Waals surface area (Å²) in [7, 11) is 2.07. The highest BCUT2D eigenvalue weighted by Crippen LogP contribution is 2.34. The van der Waals surface area contributed by atoms with Gasteiger partial charge in [0.05, 0.1) is 11.3 Å². The molecule has 4 nitrogen and oxygen atoms in total. The fourth-order valence-electron chi connectivity index (χ4n) is 2.32. The summed E-state index contributed by atoms with van der Waals surface area (Å²) >= 11 is 0. The zero-order valence-electron chi connectivity index (χ0n) is 12.1. The highest BCUT2D eigenvalue weighted by atomic mass is 16.1. The Morgan fingerprint density at radius 1 is 1.50 bits per heavy atom. The van der Waals surface area contributed by atoms with Crippen LogP contribution in [0, 0.1) is 17.2 Å². The van der Waals surface area contributed by atoms with Crippen molar-refractivity contribution < 1.29 is 4.79 Å². The number of carbonyl (C=O) groups is 1. The van der Waals surface area contributed by atoms with Crippen molar-refractivity contribution in [2.75, 3.05) is 18.9 Å². The van der Waals surface area contributed by atoms with E-state index in [0.29, 0.717) is 23.7 Å². The van der Waals surface area contributed by atoms with Crippen molar-refractivity contribution in [1.82, 2.24) is 4.90 Å². The maximum atomic E-state index is 11.9. The molecule has 1 aliphatic rings. The molecule has 20 heavy (non-hydrogen) atoms. The fraction of sp³-hybridized carbons (Fsp3) is 0.500. The van der Waals surface area contributed by atoms with Gasteiger partial charge in [-0.15, -0.1) is 0 Å². The van der Waals surface area contributed by atoms with Crippen molar-refractivity contribution in [3.8, 4) is 6.07 Å². The lowest BCUT2D eigenvalue weighted by atomic mass is 10.1. The third kappa shape index (κ3) is 3.82. The van der Waals surface area contributed by atoms with Crippen LogP contribution in [-0.2, 0) is 4.79 Å². The van der Waals surface area contributed by atoms with E-state index in [2.05, 4.69) is 30.3 Å². The van der Waals surface area contributed by atoms with Crippen molar-refractivity contribution in [1.29, 1.82) is 5.26 Å². The molecular weight excluding hydrogens is 250 g/mol. The summed E-state index contributed by atoms with van der Waals surface area (Å²) in [6.07, 6.45) is 3.08. The van der Waals surface area contributed by atoms with E-state index in [4.69, 9.17) is 5.26 Å². The Hall–Kier alpha value is -1.86. The monoisotopic (exact) mass is 271 g/mol. The standard InChI is InChI=1S/C16H21N3O/c1-12(13-7-8-13)19(2)10-9-16(20)18-15-6-4-3-5-14(15)11-17/h3-6,12-13H,7-10H2,1-2H3,(H,18,20). The van der Waals surface area contributed by atoms with Gasteiger partial charge in [-0.3, -0.25) is 4.79 Å². The highest BCUT2D eigenvalue weighted by Gasteiger charge is 2.30. The van der Waals surface area contributed by atoms with Crippen molar-refractivity contribution >= 4 is 11.6 Å². The summed E-state index contributed by atoms with van der Waals surface area (Å²) in [5.41, 5.74) is 1.10. The topological polar surface area (TPSA) is 56.1 Å². The number of anilines is 1. The number of para-hydroxylation sites is 1. The van der Waals surface area contributed by atoms with Crippen LogP contribution >= 0.6 is 0 Å². The van der Waals surface area contributed by atoms with E-state index in [-0.39, 0.29) is 5.91 Å². The van der Waals surface area contributed by atoms with E-state index < -0.39 is 0 Å². The van der Waals surface area contributed by atoms with Crippen LogP contribution < -0.4 is 5.32 Å². The normalized spacial score (nSPS) is 15.7. The summed E-state index contributed by atoms with van der Waals surface area (Å²) < 4.78 is 0. The number of amides is 1. The second-order valence-corrected chi connectivity index (χ2v) is 5.51. The van der Waals surface area contributed by atoms with Crippen molar-refractivity contribution in [2.45, 2.75) is 32.2 Å². The quantitative estimate of drug-likeness (QED) is 0.865. The van der Waals surface area contributed by atoms with Crippen LogP contribution in [0.1, 0.15) is 31.7 Å². The number of carbonyl (C=O) groups excluding carboxylic acids is 1. The van der Waals surface area contributed by atoms with Crippen LogP contribution in [-0.4, -0.2) is 30.4 Å². The maximum Gasteiger partial charge on any atom is 0.225 e. The van der Waals surface area contributed by atoms with Crippen LogP contribution in [0.5, 0.6) is 0 Å². The molecular formula is C16H21N3O. The van der Waals surface area contributed by atoms with Gasteiger partial charge in [-0.1, -0.05) is 12.1 Å². The Kier molecular flexibility index (Phi) is 4.75. The van der Waals surface area contributed by atoms with E-state index in [1.165, 1.54) is 12.8 Å². The first-order valence-corrected chi connectivity index (χ1v) is 7.11. The molecule has 1 saturated carbocycles. The minimum atomic E-state index is -0.0393. The molecule has 1 atom stereocenters. The van der Waals surface area contributed by atoms with E-state index in [1.54, 1.807) is 18.2 Å². The lowest BCUT2D eigenvalue weighted by molar-refractivity contribution is -0.116. The molecule has 0 spiro atoms. The van der Waals surface area contributed by atoms with Gasteiger partial charge in [-0.2, -0.15) is 5.26 Å². The number of benzene rings is 1. The summed E-state index contributed by atoms with van der Waals surface area (Å²) in [5, 5.41) is 11.8. The number of nitrogens with zero attached hydrogens (tertiary/aromatic N) is 2. The van der Waals surface area contributed by atoms with Crippen LogP contribution in [0.4, 0.5) is 5.69 Å². The smallest absolute Gasteiger partial charge is 0.225 e. The van der Waals surface area contributed by atoms with Crippen molar-refractivity contribution in [2.24, 2.45) is 5.92 Å². The zero-order chi connectivity index (χ0) is 14.5. The zero-order valence-corrected chi connectivity index (χ0v) is 12.1. The number of hydrogen-bond donors (Lipinski definition) is 1. The highest BCUT2D eigenvalue weighted by molar-refractivity contribution is 5.92. The molecule has 0 aromatic heterocycles. The Labute approximate surface area is 120 Å². The molecule has 0 heterocycles. The number of hydrogen-bond acceptors (Lipinski definition) is 3. The molecule has 0 saturated heterocycles. The number of nitriles is 1. The van der Waals surface area contributed by atoms with Gasteiger partial charge in [-0.25, -0.2) is 0 Å². The lowest BCUT2D eigenvalue weighted by Crippen LogP contribution is -2.33. The first kappa shape index (κ1) is 14.5. The second kappa shape index (κ2) is 6.53. The van der Waals surface area contributed by atoms with Gasteiger partial charge >= 0.3 is 0 Å². The van der Waals surface area contributed by atoms with Gasteiger partial charge in [-0.05, 0) is 44.9 Å². The first-order valence-electron chi connectivity index (χ1n) is 7.11. The molecule has 1 unspecified atom stereocenters. The van der Waals surface area contributed by atoms with Crippen LogP contribution in [0.25, 0.3) is 0 Å². The third-order valence-electron chi connectivity index (χ3n) is 4.01. The molecule has 1 amide bonds. The molecule has 0 radical (unpaired) electrons. The van der Waals surface area contributed by atoms with Crippen LogP contribution in [0.3, 0.4) is 0 Å². The molecule has 1 N–H and O–H groups in total. The predicted molar refractivity (Wildman–Crippen MR) is 79.2 cm³/mol. The molecule has 1 aromatic carbocycles. The lowest BCUT2D eigenvalue weighted by Gasteiger charge is -2.24. The van der Waals surface area contributed by atoms with Gasteiger partial charge < -0.3 is 10.2 Å². The van der Waals surface area contributed by atoms with Crippen molar-refractivity contribution in [3.63, 3.8) is 0 Å². The summed E-state index contributed by atoms with van der Waals surface area (Å²) in [6.45, 7) is 2.97. The van der Waals surface area contributed by atoms with E-state index in [0.717, 1.165) is 12.5 Å². The predicted octanol–water partition coefficient (Wildman–Crippen LogP) is 2.62. The molecule has 1 aliphatic carbocycles. The van der Waals surface area contributed by atoms with Gasteiger partial charge in [0.15, 0.2) is 0 Å². The minimum Gasteiger partial charge on any atom is -0.325 e. The van der Waals surface area contributed by atoms with Gasteiger partial charge in [0.1, 0.15) is 6.07 Å². The third-order valence-corrected chi connectivity index (χ3v) is 4.01. The van der Waals surface area contributed by atoms with E-state index >= 15 is 0 Å². The van der Waals surface area contributed by atoms with Crippen molar-refractivity contribution in [3.05, 3.63) is 29.8 Å². The van der Waals surface area contributed by atoms with Gasteiger partial charge in [0.2, 0.25) is 5.91 Å². The van der Waals surface area contributed by atoms with E-state index in [1.807, 2.05) is 6.07 Å². The average molecular weight is 271 g/mol. The molecule has 0 bridgehead atoms. The number of rotatable bonds is 6. The van der Waals surface area contributed by atoms with Crippen LogP contribution in [0.15, 0.2) is 24.3 Å². The number of nitrogens with one attached hydrogen (secondary N) is 1. The maximum absolute atomic E-state index is 11.9. The Balaban J connectivity index is 1.82.